The van der Waals surface area contributed by atoms with Crippen LogP contribution in [-0.4, -0.2) is 51.2 Å². The third-order valence-corrected chi connectivity index (χ3v) is 8.87. The van der Waals surface area contributed by atoms with E-state index in [1.54, 1.807) is 42.3 Å². The highest BCUT2D eigenvalue weighted by atomic mass is 35.5. The van der Waals surface area contributed by atoms with Crippen LogP contribution in [0.2, 0.25) is 0 Å². The first kappa shape index (κ1) is 27.3. The van der Waals surface area contributed by atoms with Crippen molar-refractivity contribution in [2.45, 2.75) is 50.5 Å². The van der Waals surface area contributed by atoms with E-state index in [2.05, 4.69) is 9.97 Å². The molecule has 3 aliphatic rings. The van der Waals surface area contributed by atoms with Crippen LogP contribution in [-0.2, 0) is 0 Å². The van der Waals surface area contributed by atoms with E-state index < -0.39 is 11.6 Å². The van der Waals surface area contributed by atoms with Crippen molar-refractivity contribution in [1.82, 2.24) is 14.9 Å². The zero-order valence-corrected chi connectivity index (χ0v) is 24.1. The predicted octanol–water partition coefficient (Wildman–Crippen LogP) is 5.02. The number of halogens is 1. The van der Waals surface area contributed by atoms with Gasteiger partial charge in [-0.3, -0.25) is 19.6 Å². The maximum Gasteiger partial charge on any atom is 0.254 e. The minimum atomic E-state index is -1.29. The van der Waals surface area contributed by atoms with E-state index in [0.29, 0.717) is 71.4 Å². The summed E-state index contributed by atoms with van der Waals surface area (Å²) in [5, 5.41) is 13.1. The lowest BCUT2D eigenvalue weighted by Gasteiger charge is -2.44. The molecule has 1 saturated heterocycles. The summed E-state index contributed by atoms with van der Waals surface area (Å²) in [6.07, 6.45) is 5.09. The molecular formula is C33H27ClN3O6-. The number of aromatic nitrogens is 2. The first-order valence-corrected chi connectivity index (χ1v) is 14.6. The summed E-state index contributed by atoms with van der Waals surface area (Å²) >= 11 is 5.82. The van der Waals surface area contributed by atoms with Crippen LogP contribution in [0.15, 0.2) is 54.7 Å². The number of benzene rings is 2. The first-order valence-electron chi connectivity index (χ1n) is 14.3. The highest BCUT2D eigenvalue weighted by Gasteiger charge is 2.44. The smallest absolute Gasteiger partial charge is 0.254 e. The molecule has 4 aromatic rings. The van der Waals surface area contributed by atoms with Crippen molar-refractivity contribution in [1.29, 1.82) is 0 Å². The van der Waals surface area contributed by atoms with E-state index in [-0.39, 0.29) is 23.7 Å². The molecule has 0 atom stereocenters. The SMILES string of the molecule is Cc1cc(C(=O)[O-])cc(-c2ccc3c(c2)C(=O)CC2(CCN(C(=O)c4cc(OCl)c5ccnc(C6CC6)c5c4)CC2)O3)n1. The van der Waals surface area contributed by atoms with Crippen molar-refractivity contribution in [2.24, 2.45) is 0 Å². The largest absolute Gasteiger partial charge is 0.545 e. The molecule has 1 saturated carbocycles. The summed E-state index contributed by atoms with van der Waals surface area (Å²) in [5.41, 5.74) is 2.80. The Bertz CT molecular complexity index is 1830. The monoisotopic (exact) mass is 596 g/mol. The summed E-state index contributed by atoms with van der Waals surface area (Å²) in [6, 6.07) is 13.5. The zero-order chi connectivity index (χ0) is 29.9. The fraction of sp³-hybridized carbons (Fsp3) is 0.303. The minimum Gasteiger partial charge on any atom is -0.545 e. The molecule has 9 nitrogen and oxygen atoms in total. The van der Waals surface area contributed by atoms with Crippen LogP contribution in [0.1, 0.15) is 80.5 Å². The molecule has 2 fully saturated rings. The summed E-state index contributed by atoms with van der Waals surface area (Å²) < 4.78 is 11.6. The molecule has 218 valence electrons. The molecule has 0 unspecified atom stereocenters. The highest BCUT2D eigenvalue weighted by molar-refractivity contribution is 6.11. The van der Waals surface area contributed by atoms with Gasteiger partial charge in [0.05, 0.1) is 29.3 Å². The van der Waals surface area contributed by atoms with Crippen molar-refractivity contribution in [2.75, 3.05) is 13.1 Å². The van der Waals surface area contributed by atoms with Gasteiger partial charge in [0.15, 0.2) is 11.5 Å². The molecule has 1 aliphatic carbocycles. The van der Waals surface area contributed by atoms with E-state index in [1.165, 1.54) is 12.1 Å². The zero-order valence-electron chi connectivity index (χ0n) is 23.4. The number of Topliss-reactive ketones (excluding diaryl/α,β-unsaturated/α-hetero) is 1. The van der Waals surface area contributed by atoms with Gasteiger partial charge in [0.25, 0.3) is 5.91 Å². The number of pyridine rings is 2. The van der Waals surface area contributed by atoms with Gasteiger partial charge in [-0.25, -0.2) is 0 Å². The van der Waals surface area contributed by atoms with Gasteiger partial charge in [0, 0.05) is 71.2 Å². The van der Waals surface area contributed by atoms with E-state index in [0.717, 1.165) is 29.3 Å². The lowest BCUT2D eigenvalue weighted by Crippen LogP contribution is -2.52. The van der Waals surface area contributed by atoms with Gasteiger partial charge in [-0.05, 0) is 68.3 Å². The fourth-order valence-corrected chi connectivity index (χ4v) is 6.44. The van der Waals surface area contributed by atoms with Crippen LogP contribution in [0.4, 0.5) is 0 Å². The van der Waals surface area contributed by atoms with Crippen LogP contribution >= 0.6 is 11.9 Å². The second-order valence-electron chi connectivity index (χ2n) is 11.7. The number of hydrogen-bond donors (Lipinski definition) is 0. The van der Waals surface area contributed by atoms with Gasteiger partial charge >= 0.3 is 0 Å². The molecule has 2 aromatic carbocycles. The van der Waals surface area contributed by atoms with Gasteiger partial charge < -0.3 is 23.8 Å². The summed E-state index contributed by atoms with van der Waals surface area (Å²) in [4.78, 5) is 49.3. The third kappa shape index (κ3) is 4.97. The van der Waals surface area contributed by atoms with Crippen LogP contribution in [0.25, 0.3) is 22.0 Å². The van der Waals surface area contributed by atoms with Crippen LogP contribution in [0, 0.1) is 6.92 Å². The average molecular weight is 597 g/mol. The van der Waals surface area contributed by atoms with Gasteiger partial charge in [-0.1, -0.05) is 0 Å². The summed E-state index contributed by atoms with van der Waals surface area (Å²) in [7, 11) is 0. The molecule has 0 radical (unpaired) electrons. The van der Waals surface area contributed by atoms with E-state index >= 15 is 0 Å². The third-order valence-electron chi connectivity index (χ3n) is 8.70. The molecule has 0 bridgehead atoms. The van der Waals surface area contributed by atoms with E-state index in [9.17, 15) is 19.5 Å². The Labute approximate surface area is 252 Å². The molecule has 10 heteroatoms. The highest BCUT2D eigenvalue weighted by Crippen LogP contribution is 2.44. The summed E-state index contributed by atoms with van der Waals surface area (Å²) in [6.45, 7) is 2.56. The normalized spacial score (nSPS) is 17.4. The number of hydrogen-bond acceptors (Lipinski definition) is 8. The standard InChI is InChI=1S/C33H28ClN3O6/c1-18-12-22(32(40)41)15-26(36-18)20-4-5-28-25(13-20)27(38)17-33(42-28)7-10-37(11-8-33)31(39)21-14-24-23(29(16-21)43-34)6-9-35-30(24)19-2-3-19/h4-6,9,12-16,19H,2-3,7-8,10-11,17H2,1H3,(H,40,41)/p-1. The Morgan fingerprint density at radius 1 is 1.05 bits per heavy atom. The molecule has 2 aliphatic heterocycles. The quantitative estimate of drug-likeness (QED) is 0.315. The number of piperidine rings is 1. The number of carboxylic acid groups (broad SMARTS) is 1. The predicted molar refractivity (Wildman–Crippen MR) is 156 cm³/mol. The van der Waals surface area contributed by atoms with Gasteiger partial charge in [-0.2, -0.15) is 0 Å². The van der Waals surface area contributed by atoms with Crippen molar-refractivity contribution in [3.05, 3.63) is 82.8 Å². The number of aromatic carboxylic acids is 1. The number of fused-ring (bicyclic) bond motifs is 2. The Kier molecular flexibility index (Phi) is 6.58. The molecule has 0 N–H and O–H groups in total. The van der Waals surface area contributed by atoms with Gasteiger partial charge in [0.1, 0.15) is 23.2 Å². The van der Waals surface area contributed by atoms with E-state index in [4.69, 9.17) is 20.9 Å². The molecule has 43 heavy (non-hydrogen) atoms. The number of amides is 1. The molecule has 2 aromatic heterocycles. The molecule has 4 heterocycles. The number of nitrogens with zero attached hydrogens (tertiary/aromatic N) is 3. The maximum atomic E-state index is 13.7. The number of ketones is 1. The Morgan fingerprint density at radius 2 is 1.84 bits per heavy atom. The Balaban J connectivity index is 1.10. The molecule has 1 amide bonds. The number of ether oxygens (including phenoxy) is 1. The Hall–Kier alpha value is -4.50. The number of likely N-dealkylation sites (tertiary alicyclic amines) is 1. The molecular weight excluding hydrogens is 570 g/mol. The molecule has 1 spiro atoms. The van der Waals surface area contributed by atoms with Crippen molar-refractivity contribution >= 4 is 40.3 Å². The van der Waals surface area contributed by atoms with Crippen molar-refractivity contribution in [3.8, 4) is 22.8 Å². The second-order valence-corrected chi connectivity index (χ2v) is 11.8. The topological polar surface area (TPSA) is 122 Å². The number of carbonyl (C=O) groups is 3. The Morgan fingerprint density at radius 3 is 2.56 bits per heavy atom. The number of carboxylic acids is 1. The van der Waals surface area contributed by atoms with Crippen LogP contribution in [0.3, 0.4) is 0 Å². The summed E-state index contributed by atoms with van der Waals surface area (Å²) in [5.74, 6) is -0.190. The maximum absolute atomic E-state index is 13.7. The van der Waals surface area contributed by atoms with Gasteiger partial charge in [-0.15, -0.1) is 0 Å². The minimum absolute atomic E-state index is 0.0261. The number of carbonyl (C=O) groups excluding carboxylic acids is 3. The van der Waals surface area contributed by atoms with Crippen molar-refractivity contribution in [3.63, 3.8) is 0 Å². The van der Waals surface area contributed by atoms with Gasteiger partial charge in [0.2, 0.25) is 0 Å². The van der Waals surface area contributed by atoms with E-state index in [1.807, 2.05) is 12.1 Å². The number of aryl methyl sites for hydroxylation is 1. The average Bonchev–Trinajstić information content (AvgIpc) is 3.85. The van der Waals surface area contributed by atoms with Crippen LogP contribution < -0.4 is 14.1 Å². The molecule has 7 rings (SSSR count). The number of rotatable bonds is 5. The fourth-order valence-electron chi connectivity index (χ4n) is 6.31. The van der Waals surface area contributed by atoms with Crippen molar-refractivity contribution < 1.29 is 28.5 Å². The first-order chi connectivity index (χ1) is 20.7. The lowest BCUT2D eigenvalue weighted by atomic mass is 9.82. The van der Waals surface area contributed by atoms with Crippen LogP contribution in [0.5, 0.6) is 11.5 Å². The second kappa shape index (κ2) is 10.3. The lowest BCUT2D eigenvalue weighted by molar-refractivity contribution is -0.255.